The Hall–Kier alpha value is -1.04. The van der Waals surface area contributed by atoms with Crippen LogP contribution in [0.25, 0.3) is 0 Å². The first-order valence-electron chi connectivity index (χ1n) is 5.52. The molecule has 0 aliphatic heterocycles. The van der Waals surface area contributed by atoms with E-state index in [4.69, 9.17) is 0 Å². The summed E-state index contributed by atoms with van der Waals surface area (Å²) < 4.78 is 0. The van der Waals surface area contributed by atoms with Crippen molar-refractivity contribution in [3.8, 4) is 0 Å². The SMILES string of the molecule is [C]1=C/C/C=C/C=C\C/C=C/CCCC/1. The third-order valence-corrected chi connectivity index (χ3v) is 2.16. The summed E-state index contributed by atoms with van der Waals surface area (Å²) in [6.45, 7) is 0. The largest absolute Gasteiger partial charge is 0.0882 e. The van der Waals surface area contributed by atoms with Gasteiger partial charge in [0.1, 0.15) is 0 Å². The lowest BCUT2D eigenvalue weighted by atomic mass is 10.1. The first-order valence-corrected chi connectivity index (χ1v) is 5.52. The van der Waals surface area contributed by atoms with Crippen molar-refractivity contribution in [3.05, 3.63) is 48.6 Å². The van der Waals surface area contributed by atoms with Crippen molar-refractivity contribution >= 4 is 0 Å². The Morgan fingerprint density at radius 2 is 1.64 bits per heavy atom. The molecule has 0 fully saturated rings. The fraction of sp³-hybridized carbons (Fsp3) is 0.429. The van der Waals surface area contributed by atoms with Gasteiger partial charge >= 0.3 is 0 Å². The van der Waals surface area contributed by atoms with Crippen molar-refractivity contribution < 1.29 is 0 Å². The molecule has 0 heterocycles. The van der Waals surface area contributed by atoms with Crippen LogP contribution < -0.4 is 0 Å². The predicted molar refractivity (Wildman–Crippen MR) is 62.9 cm³/mol. The molecule has 0 saturated carbocycles. The quantitative estimate of drug-likeness (QED) is 0.494. The van der Waals surface area contributed by atoms with Crippen molar-refractivity contribution in [1.82, 2.24) is 0 Å². The summed E-state index contributed by atoms with van der Waals surface area (Å²) >= 11 is 0. The summed E-state index contributed by atoms with van der Waals surface area (Å²) in [5, 5.41) is 0. The highest BCUT2D eigenvalue weighted by Crippen LogP contribution is 2.03. The average molecular weight is 187 g/mol. The molecule has 14 heavy (non-hydrogen) atoms. The molecule has 0 aromatic heterocycles. The van der Waals surface area contributed by atoms with Crippen molar-refractivity contribution in [2.75, 3.05) is 0 Å². The minimum atomic E-state index is 1.01. The second-order valence-corrected chi connectivity index (χ2v) is 3.45. The van der Waals surface area contributed by atoms with Gasteiger partial charge in [-0.15, -0.1) is 0 Å². The van der Waals surface area contributed by atoms with E-state index in [1.165, 1.54) is 19.3 Å². The van der Waals surface area contributed by atoms with Crippen molar-refractivity contribution in [3.63, 3.8) is 0 Å². The maximum Gasteiger partial charge on any atom is -0.0160 e. The third kappa shape index (κ3) is 6.47. The zero-order chi connectivity index (χ0) is 9.90. The first-order chi connectivity index (χ1) is 7.00. The highest BCUT2D eigenvalue weighted by Gasteiger charge is 1.84. The van der Waals surface area contributed by atoms with E-state index in [2.05, 4.69) is 48.6 Å². The fourth-order valence-electron chi connectivity index (χ4n) is 1.35. The van der Waals surface area contributed by atoms with Gasteiger partial charge in [0.2, 0.25) is 0 Å². The van der Waals surface area contributed by atoms with Gasteiger partial charge in [-0.25, -0.2) is 0 Å². The second kappa shape index (κ2) is 8.55. The molecule has 0 spiro atoms. The minimum Gasteiger partial charge on any atom is -0.0882 e. The topological polar surface area (TPSA) is 0 Å². The monoisotopic (exact) mass is 187 g/mol. The molecule has 1 aliphatic carbocycles. The Kier molecular flexibility index (Phi) is 6.74. The Morgan fingerprint density at radius 3 is 2.57 bits per heavy atom. The first kappa shape index (κ1) is 11.0. The van der Waals surface area contributed by atoms with Gasteiger partial charge in [-0.2, -0.15) is 0 Å². The van der Waals surface area contributed by atoms with Gasteiger partial charge in [0, 0.05) is 0 Å². The molecule has 0 unspecified atom stereocenters. The van der Waals surface area contributed by atoms with Gasteiger partial charge in [-0.05, 0) is 44.6 Å². The molecule has 0 heteroatoms. The van der Waals surface area contributed by atoms with Crippen LogP contribution in [0.1, 0.15) is 38.5 Å². The Balaban J connectivity index is 2.35. The summed E-state index contributed by atoms with van der Waals surface area (Å²) in [4.78, 5) is 0. The van der Waals surface area contributed by atoms with Crippen molar-refractivity contribution in [2.24, 2.45) is 0 Å². The molecule has 0 amide bonds. The van der Waals surface area contributed by atoms with Gasteiger partial charge in [0.05, 0.1) is 0 Å². The van der Waals surface area contributed by atoms with Crippen LogP contribution in [0.15, 0.2) is 42.5 Å². The molecule has 0 nitrogen and oxygen atoms in total. The van der Waals surface area contributed by atoms with E-state index in [1.54, 1.807) is 0 Å². The van der Waals surface area contributed by atoms with Crippen LogP contribution in [0.3, 0.4) is 0 Å². The maximum absolute atomic E-state index is 3.31. The summed E-state index contributed by atoms with van der Waals surface area (Å²) in [5.41, 5.74) is 0. The summed E-state index contributed by atoms with van der Waals surface area (Å²) in [7, 11) is 0. The Bertz CT molecular complexity index is 202. The van der Waals surface area contributed by atoms with Crippen LogP contribution >= 0.6 is 0 Å². The van der Waals surface area contributed by atoms with Crippen LogP contribution in [0.2, 0.25) is 0 Å². The van der Waals surface area contributed by atoms with E-state index < -0.39 is 0 Å². The Labute approximate surface area is 87.7 Å². The van der Waals surface area contributed by atoms with Crippen LogP contribution in [-0.4, -0.2) is 0 Å². The number of allylic oxidation sites excluding steroid dienone is 8. The smallest absolute Gasteiger partial charge is 0.0160 e. The number of hydrogen-bond donors (Lipinski definition) is 0. The van der Waals surface area contributed by atoms with Crippen LogP contribution in [0.4, 0.5) is 0 Å². The molecule has 1 radical (unpaired) electrons. The van der Waals surface area contributed by atoms with Crippen molar-refractivity contribution in [2.45, 2.75) is 38.5 Å². The number of rotatable bonds is 0. The van der Waals surface area contributed by atoms with E-state index in [0.717, 1.165) is 19.3 Å². The van der Waals surface area contributed by atoms with Gasteiger partial charge in [-0.1, -0.05) is 42.5 Å². The molecular formula is C14H19. The normalized spacial score (nSPS) is 28.6. The zero-order valence-electron chi connectivity index (χ0n) is 8.78. The molecule has 0 atom stereocenters. The molecule has 0 bridgehead atoms. The summed E-state index contributed by atoms with van der Waals surface area (Å²) in [6.07, 6.45) is 25.5. The van der Waals surface area contributed by atoms with E-state index in [9.17, 15) is 0 Å². The average Bonchev–Trinajstić information content (AvgIpc) is 2.22. The standard InChI is InChI=1S/C14H19/c1-2-4-6-8-10-12-14-13-11-9-7-5-3-1/h1-4,7-9H,5-6,11-14H2/b3-1-,4-2+,9-7+,10-8?. The van der Waals surface area contributed by atoms with Crippen molar-refractivity contribution in [1.29, 1.82) is 0 Å². The molecule has 0 N–H and O–H groups in total. The minimum absolute atomic E-state index is 1.01. The molecule has 0 saturated heterocycles. The van der Waals surface area contributed by atoms with Gasteiger partial charge in [0.15, 0.2) is 0 Å². The van der Waals surface area contributed by atoms with E-state index >= 15 is 0 Å². The van der Waals surface area contributed by atoms with Crippen LogP contribution in [-0.2, 0) is 0 Å². The van der Waals surface area contributed by atoms with E-state index in [1.807, 2.05) is 0 Å². The van der Waals surface area contributed by atoms with Crippen LogP contribution in [0, 0.1) is 6.08 Å². The highest BCUT2D eigenvalue weighted by atomic mass is 13.9. The zero-order valence-corrected chi connectivity index (χ0v) is 8.78. The summed E-state index contributed by atoms with van der Waals surface area (Å²) in [6, 6.07) is 0. The summed E-state index contributed by atoms with van der Waals surface area (Å²) in [5.74, 6) is 0. The lowest BCUT2D eigenvalue weighted by Gasteiger charge is -1.92. The lowest BCUT2D eigenvalue weighted by Crippen LogP contribution is -1.73. The molecule has 1 rings (SSSR count). The van der Waals surface area contributed by atoms with E-state index in [0.29, 0.717) is 0 Å². The molecule has 0 aromatic carbocycles. The fourth-order valence-corrected chi connectivity index (χ4v) is 1.35. The third-order valence-electron chi connectivity index (χ3n) is 2.16. The lowest BCUT2D eigenvalue weighted by molar-refractivity contribution is 0.752. The van der Waals surface area contributed by atoms with Gasteiger partial charge in [-0.3, -0.25) is 0 Å². The highest BCUT2D eigenvalue weighted by molar-refractivity contribution is 5.06. The molecular weight excluding hydrogens is 168 g/mol. The van der Waals surface area contributed by atoms with Gasteiger partial charge in [0.25, 0.3) is 0 Å². The molecule has 0 aromatic rings. The van der Waals surface area contributed by atoms with Gasteiger partial charge < -0.3 is 0 Å². The van der Waals surface area contributed by atoms with Crippen LogP contribution in [0.5, 0.6) is 0 Å². The maximum atomic E-state index is 3.31. The van der Waals surface area contributed by atoms with E-state index in [-0.39, 0.29) is 0 Å². The molecule has 1 aliphatic rings. The Morgan fingerprint density at radius 1 is 0.786 bits per heavy atom. The number of hydrogen-bond acceptors (Lipinski definition) is 0. The second-order valence-electron chi connectivity index (χ2n) is 3.45. The predicted octanol–water partition coefficient (Wildman–Crippen LogP) is 4.37. The molecule has 75 valence electrons.